The van der Waals surface area contributed by atoms with Crippen LogP contribution in [0.1, 0.15) is 43.9 Å². The van der Waals surface area contributed by atoms with Gasteiger partial charge in [-0.1, -0.05) is 6.07 Å². The molecule has 0 aromatic heterocycles. The van der Waals surface area contributed by atoms with Crippen molar-refractivity contribution in [3.05, 3.63) is 35.1 Å². The van der Waals surface area contributed by atoms with Crippen LogP contribution in [0.25, 0.3) is 0 Å². The van der Waals surface area contributed by atoms with Crippen molar-refractivity contribution in [2.75, 3.05) is 13.1 Å². The van der Waals surface area contributed by atoms with E-state index in [1.165, 1.54) is 6.07 Å². The summed E-state index contributed by atoms with van der Waals surface area (Å²) in [6.07, 6.45) is -2.58. The second-order valence-electron chi connectivity index (χ2n) is 6.06. The molecule has 1 aliphatic rings. The van der Waals surface area contributed by atoms with Crippen LogP contribution in [0, 0.1) is 5.82 Å². The average Bonchev–Trinajstić information content (AvgIpc) is 2.91. The molecule has 21 heavy (non-hydrogen) atoms. The van der Waals surface area contributed by atoms with Gasteiger partial charge in [0.15, 0.2) is 0 Å². The Labute approximate surface area is 121 Å². The highest BCUT2D eigenvalue weighted by atomic mass is 19.4. The number of rotatable bonds is 3. The molecule has 2 nitrogen and oxygen atoms in total. The summed E-state index contributed by atoms with van der Waals surface area (Å²) in [6.45, 7) is 5.60. The molecule has 0 amide bonds. The van der Waals surface area contributed by atoms with Gasteiger partial charge in [-0.2, -0.15) is 13.2 Å². The van der Waals surface area contributed by atoms with E-state index in [2.05, 4.69) is 4.90 Å². The van der Waals surface area contributed by atoms with Crippen LogP contribution >= 0.6 is 0 Å². The van der Waals surface area contributed by atoms with Gasteiger partial charge in [0.05, 0.1) is 5.56 Å². The van der Waals surface area contributed by atoms with Crippen LogP contribution in [-0.2, 0) is 6.18 Å². The summed E-state index contributed by atoms with van der Waals surface area (Å²) in [5, 5.41) is 0. The molecule has 0 saturated carbocycles. The summed E-state index contributed by atoms with van der Waals surface area (Å²) < 4.78 is 51.8. The standard InChI is InChI=1S/C15H20F4N2/c1-14(2,21-7-3-4-8-21)13(20)10-5-6-12(16)11(9-10)15(17,18)19/h5-6,9,13H,3-4,7-8,20H2,1-2H3. The summed E-state index contributed by atoms with van der Waals surface area (Å²) in [7, 11) is 0. The number of alkyl halides is 3. The predicted molar refractivity (Wildman–Crippen MR) is 73.2 cm³/mol. The molecule has 118 valence electrons. The number of hydrogen-bond acceptors (Lipinski definition) is 2. The van der Waals surface area contributed by atoms with Gasteiger partial charge in [0.1, 0.15) is 5.82 Å². The molecular formula is C15H20F4N2. The molecule has 0 bridgehead atoms. The fourth-order valence-corrected chi connectivity index (χ4v) is 2.85. The molecule has 0 radical (unpaired) electrons. The van der Waals surface area contributed by atoms with E-state index in [-0.39, 0.29) is 0 Å². The highest BCUT2D eigenvalue weighted by Gasteiger charge is 2.38. The van der Waals surface area contributed by atoms with Crippen LogP contribution in [0.2, 0.25) is 0 Å². The Morgan fingerprint density at radius 2 is 1.71 bits per heavy atom. The minimum absolute atomic E-state index is 0.306. The van der Waals surface area contributed by atoms with Crippen LogP contribution in [0.5, 0.6) is 0 Å². The Bertz CT molecular complexity index is 505. The molecule has 0 spiro atoms. The minimum Gasteiger partial charge on any atom is -0.322 e. The van der Waals surface area contributed by atoms with E-state index in [1.54, 1.807) is 0 Å². The predicted octanol–water partition coefficient (Wildman–Crippen LogP) is 3.72. The van der Waals surface area contributed by atoms with E-state index in [1.807, 2.05) is 13.8 Å². The van der Waals surface area contributed by atoms with Crippen molar-refractivity contribution in [2.24, 2.45) is 5.73 Å². The molecule has 1 unspecified atom stereocenters. The fourth-order valence-electron chi connectivity index (χ4n) is 2.85. The molecule has 1 heterocycles. The zero-order valence-electron chi connectivity index (χ0n) is 12.2. The smallest absolute Gasteiger partial charge is 0.322 e. The first-order valence-corrected chi connectivity index (χ1v) is 7.01. The van der Waals surface area contributed by atoms with E-state index in [0.29, 0.717) is 5.56 Å². The van der Waals surface area contributed by atoms with Crippen LogP contribution in [-0.4, -0.2) is 23.5 Å². The molecule has 1 aromatic carbocycles. The normalized spacial score (nSPS) is 19.0. The maximum atomic E-state index is 13.4. The van der Waals surface area contributed by atoms with Gasteiger partial charge in [-0.25, -0.2) is 4.39 Å². The van der Waals surface area contributed by atoms with Gasteiger partial charge in [0.25, 0.3) is 0 Å². The topological polar surface area (TPSA) is 29.3 Å². The lowest BCUT2D eigenvalue weighted by molar-refractivity contribution is -0.140. The zero-order chi connectivity index (χ0) is 15.8. The van der Waals surface area contributed by atoms with E-state index in [4.69, 9.17) is 5.73 Å². The lowest BCUT2D eigenvalue weighted by Crippen LogP contribution is -2.49. The van der Waals surface area contributed by atoms with Crippen molar-refractivity contribution in [3.63, 3.8) is 0 Å². The molecule has 2 rings (SSSR count). The largest absolute Gasteiger partial charge is 0.419 e. The SMILES string of the molecule is CC(C)(C(N)c1ccc(F)c(C(F)(F)F)c1)N1CCCC1. The summed E-state index contributed by atoms with van der Waals surface area (Å²) in [4.78, 5) is 2.17. The summed E-state index contributed by atoms with van der Waals surface area (Å²) in [6, 6.07) is 2.40. The third kappa shape index (κ3) is 3.21. The highest BCUT2D eigenvalue weighted by molar-refractivity contribution is 5.31. The Morgan fingerprint density at radius 3 is 2.24 bits per heavy atom. The van der Waals surface area contributed by atoms with Gasteiger partial charge >= 0.3 is 6.18 Å². The van der Waals surface area contributed by atoms with Crippen molar-refractivity contribution in [2.45, 2.75) is 44.4 Å². The fraction of sp³-hybridized carbons (Fsp3) is 0.600. The maximum Gasteiger partial charge on any atom is 0.419 e. The Balaban J connectivity index is 2.33. The van der Waals surface area contributed by atoms with E-state index >= 15 is 0 Å². The van der Waals surface area contributed by atoms with Gasteiger partial charge in [0.2, 0.25) is 0 Å². The number of benzene rings is 1. The average molecular weight is 304 g/mol. The maximum absolute atomic E-state index is 13.4. The van der Waals surface area contributed by atoms with Gasteiger partial charge < -0.3 is 5.73 Å². The Hall–Kier alpha value is -1.14. The minimum atomic E-state index is -4.71. The first-order chi connectivity index (χ1) is 9.64. The highest BCUT2D eigenvalue weighted by Crippen LogP contribution is 2.36. The zero-order valence-corrected chi connectivity index (χ0v) is 12.2. The molecule has 0 aliphatic carbocycles. The Kier molecular flexibility index (Phi) is 4.31. The van der Waals surface area contributed by atoms with Crippen molar-refractivity contribution in [1.82, 2.24) is 4.90 Å². The Morgan fingerprint density at radius 1 is 1.14 bits per heavy atom. The number of nitrogens with zero attached hydrogens (tertiary/aromatic N) is 1. The summed E-state index contributed by atoms with van der Waals surface area (Å²) >= 11 is 0. The third-order valence-corrected chi connectivity index (χ3v) is 4.34. The summed E-state index contributed by atoms with van der Waals surface area (Å²) in [5.41, 5.74) is 4.76. The van der Waals surface area contributed by atoms with Gasteiger partial charge in [-0.05, 0) is 57.5 Å². The molecular weight excluding hydrogens is 284 g/mol. The second kappa shape index (κ2) is 5.57. The molecule has 1 saturated heterocycles. The monoisotopic (exact) mass is 304 g/mol. The second-order valence-corrected chi connectivity index (χ2v) is 6.06. The van der Waals surface area contributed by atoms with Crippen LogP contribution < -0.4 is 5.73 Å². The number of likely N-dealkylation sites (tertiary alicyclic amines) is 1. The number of halogens is 4. The van der Waals surface area contributed by atoms with Crippen molar-refractivity contribution in [3.8, 4) is 0 Å². The van der Waals surface area contributed by atoms with E-state index < -0.39 is 29.1 Å². The first-order valence-electron chi connectivity index (χ1n) is 7.01. The quantitative estimate of drug-likeness (QED) is 0.862. The number of hydrogen-bond donors (Lipinski definition) is 1. The number of nitrogens with two attached hydrogens (primary N) is 1. The van der Waals surface area contributed by atoms with Crippen LogP contribution in [0.15, 0.2) is 18.2 Å². The van der Waals surface area contributed by atoms with E-state index in [0.717, 1.165) is 38.1 Å². The first kappa shape index (κ1) is 16.2. The van der Waals surface area contributed by atoms with E-state index in [9.17, 15) is 17.6 Å². The molecule has 6 heteroatoms. The summed E-state index contributed by atoms with van der Waals surface area (Å²) in [5.74, 6) is -1.27. The van der Waals surface area contributed by atoms with Crippen molar-refractivity contribution >= 4 is 0 Å². The lowest BCUT2D eigenvalue weighted by Gasteiger charge is -2.40. The molecule has 2 N–H and O–H groups in total. The van der Waals surface area contributed by atoms with Gasteiger partial charge in [-0.15, -0.1) is 0 Å². The van der Waals surface area contributed by atoms with Gasteiger partial charge in [-0.3, -0.25) is 4.90 Å². The van der Waals surface area contributed by atoms with Gasteiger partial charge in [0, 0.05) is 11.6 Å². The third-order valence-electron chi connectivity index (χ3n) is 4.34. The van der Waals surface area contributed by atoms with Crippen LogP contribution in [0.3, 0.4) is 0 Å². The molecule has 1 aliphatic heterocycles. The van der Waals surface area contributed by atoms with Crippen molar-refractivity contribution < 1.29 is 17.6 Å². The molecule has 1 aromatic rings. The molecule has 1 fully saturated rings. The lowest BCUT2D eigenvalue weighted by atomic mass is 9.87. The molecule has 1 atom stereocenters. The van der Waals surface area contributed by atoms with Crippen LogP contribution in [0.4, 0.5) is 17.6 Å². The van der Waals surface area contributed by atoms with Crippen molar-refractivity contribution in [1.29, 1.82) is 0 Å².